The van der Waals surface area contributed by atoms with Gasteiger partial charge in [-0.25, -0.2) is 0 Å². The Hall–Kier alpha value is -3.23. The van der Waals surface area contributed by atoms with Crippen LogP contribution < -0.4 is 10.6 Å². The number of ketones is 1. The summed E-state index contributed by atoms with van der Waals surface area (Å²) in [6.45, 7) is 3.96. The molecule has 5 rings (SSSR count). The maximum Gasteiger partial charge on any atom is 0.245 e. The zero-order valence-electron chi connectivity index (χ0n) is 21.4. The van der Waals surface area contributed by atoms with Gasteiger partial charge in [0.05, 0.1) is 5.52 Å². The third kappa shape index (κ3) is 4.29. The molecular formula is C27H35N5O4. The number of aromatic nitrogens is 2. The first-order chi connectivity index (χ1) is 17.2. The summed E-state index contributed by atoms with van der Waals surface area (Å²) < 4.78 is 1.67. The molecule has 0 spiro atoms. The smallest absolute Gasteiger partial charge is 0.245 e. The zero-order chi connectivity index (χ0) is 25.6. The average molecular weight is 494 g/mol. The summed E-state index contributed by atoms with van der Waals surface area (Å²) >= 11 is 0. The van der Waals surface area contributed by atoms with Crippen LogP contribution in [0.4, 0.5) is 0 Å². The van der Waals surface area contributed by atoms with Crippen LogP contribution in [-0.4, -0.2) is 63.9 Å². The minimum absolute atomic E-state index is 0.0354. The highest BCUT2D eigenvalue weighted by Crippen LogP contribution is 2.59. The van der Waals surface area contributed by atoms with E-state index in [1.807, 2.05) is 13.0 Å². The summed E-state index contributed by atoms with van der Waals surface area (Å²) in [7, 11) is 1.58. The van der Waals surface area contributed by atoms with Gasteiger partial charge in [-0.15, -0.1) is 0 Å². The molecule has 1 aromatic carbocycles. The molecule has 3 heterocycles. The van der Waals surface area contributed by atoms with Crippen molar-refractivity contribution in [2.75, 3.05) is 13.6 Å². The van der Waals surface area contributed by atoms with Gasteiger partial charge in [0.25, 0.3) is 0 Å². The van der Waals surface area contributed by atoms with Gasteiger partial charge in [0, 0.05) is 43.8 Å². The van der Waals surface area contributed by atoms with Crippen molar-refractivity contribution in [2.24, 2.45) is 5.41 Å². The Morgan fingerprint density at radius 2 is 1.86 bits per heavy atom. The van der Waals surface area contributed by atoms with Crippen LogP contribution in [0.1, 0.15) is 73.5 Å². The van der Waals surface area contributed by atoms with Gasteiger partial charge in [-0.1, -0.05) is 24.5 Å². The summed E-state index contributed by atoms with van der Waals surface area (Å²) in [5.74, 6) is -0.472. The predicted octanol–water partition coefficient (Wildman–Crippen LogP) is 2.28. The fraction of sp³-hybridized carbons (Fsp3) is 0.593. The van der Waals surface area contributed by atoms with E-state index in [-0.39, 0.29) is 41.5 Å². The van der Waals surface area contributed by atoms with Gasteiger partial charge < -0.3 is 15.5 Å². The molecule has 1 aliphatic carbocycles. The van der Waals surface area contributed by atoms with Crippen molar-refractivity contribution in [3.8, 4) is 0 Å². The third-order valence-corrected chi connectivity index (χ3v) is 8.18. The number of aryl methyl sites for hydroxylation is 2. The zero-order valence-corrected chi connectivity index (χ0v) is 21.4. The highest BCUT2D eigenvalue weighted by Gasteiger charge is 2.67. The fourth-order valence-corrected chi connectivity index (χ4v) is 6.29. The SMILES string of the molecule is CNC(=O)[C@@H]1C[C@]23CNC(=O)CCCCCCc4cc(C)cc5c(C(C)=O)nn(c45)CC(=O)N1[C@@H]2C3. The Labute approximate surface area is 211 Å². The molecule has 3 atom stereocenters. The quantitative estimate of drug-likeness (QED) is 0.623. The van der Waals surface area contributed by atoms with Gasteiger partial charge in [0.15, 0.2) is 5.78 Å². The first kappa shape index (κ1) is 24.5. The minimum Gasteiger partial charge on any atom is -0.357 e. The van der Waals surface area contributed by atoms with Crippen molar-refractivity contribution < 1.29 is 19.2 Å². The van der Waals surface area contributed by atoms with Gasteiger partial charge in [0.1, 0.15) is 18.3 Å². The molecule has 9 nitrogen and oxygen atoms in total. The largest absolute Gasteiger partial charge is 0.357 e. The summed E-state index contributed by atoms with van der Waals surface area (Å²) in [5.41, 5.74) is 3.08. The van der Waals surface area contributed by atoms with Crippen LogP contribution in [-0.2, 0) is 27.3 Å². The number of hydrogen-bond acceptors (Lipinski definition) is 5. The number of rotatable bonds is 2. The normalized spacial score (nSPS) is 26.8. The average Bonchev–Trinajstić information content (AvgIpc) is 3.25. The van der Waals surface area contributed by atoms with E-state index in [1.165, 1.54) is 6.92 Å². The second-order valence-electron chi connectivity index (χ2n) is 10.8. The summed E-state index contributed by atoms with van der Waals surface area (Å²) in [4.78, 5) is 53.1. The molecule has 2 aliphatic heterocycles. The Kier molecular flexibility index (Phi) is 6.34. The molecule has 2 fully saturated rings. The molecule has 2 N–H and O–H groups in total. The Morgan fingerprint density at radius 1 is 1.11 bits per heavy atom. The van der Waals surface area contributed by atoms with E-state index in [9.17, 15) is 19.2 Å². The van der Waals surface area contributed by atoms with E-state index in [0.29, 0.717) is 25.1 Å². The maximum atomic E-state index is 13.8. The molecule has 0 unspecified atom stereocenters. The third-order valence-electron chi connectivity index (χ3n) is 8.18. The van der Waals surface area contributed by atoms with Crippen LogP contribution in [0.2, 0.25) is 0 Å². The molecule has 3 amide bonds. The molecular weight excluding hydrogens is 458 g/mol. The maximum absolute atomic E-state index is 13.8. The fourth-order valence-electron chi connectivity index (χ4n) is 6.29. The van der Waals surface area contributed by atoms with Crippen LogP contribution in [0.5, 0.6) is 0 Å². The van der Waals surface area contributed by atoms with Crippen molar-refractivity contribution in [1.82, 2.24) is 25.3 Å². The first-order valence-corrected chi connectivity index (χ1v) is 13.0. The van der Waals surface area contributed by atoms with E-state index in [2.05, 4.69) is 21.8 Å². The number of amides is 3. The van der Waals surface area contributed by atoms with Gasteiger partial charge in [-0.05, 0) is 50.7 Å². The predicted molar refractivity (Wildman–Crippen MR) is 134 cm³/mol. The topological polar surface area (TPSA) is 113 Å². The van der Waals surface area contributed by atoms with Crippen LogP contribution in [0, 0.1) is 12.3 Å². The van der Waals surface area contributed by atoms with Crippen molar-refractivity contribution in [3.63, 3.8) is 0 Å². The van der Waals surface area contributed by atoms with E-state index >= 15 is 0 Å². The highest BCUT2D eigenvalue weighted by atomic mass is 16.2. The van der Waals surface area contributed by atoms with E-state index < -0.39 is 6.04 Å². The summed E-state index contributed by atoms with van der Waals surface area (Å²) in [6, 6.07) is 3.43. The van der Waals surface area contributed by atoms with Crippen LogP contribution in [0.3, 0.4) is 0 Å². The second kappa shape index (κ2) is 9.33. The Balaban J connectivity index is 1.56. The Morgan fingerprint density at radius 3 is 2.58 bits per heavy atom. The van der Waals surface area contributed by atoms with Gasteiger partial charge in [0.2, 0.25) is 17.7 Å². The molecule has 9 heteroatoms. The number of nitrogens with zero attached hydrogens (tertiary/aromatic N) is 3. The van der Waals surface area contributed by atoms with Gasteiger partial charge >= 0.3 is 0 Å². The molecule has 36 heavy (non-hydrogen) atoms. The summed E-state index contributed by atoms with van der Waals surface area (Å²) in [6.07, 6.45) is 6.36. The van der Waals surface area contributed by atoms with Gasteiger partial charge in [-0.3, -0.25) is 23.9 Å². The molecule has 1 saturated carbocycles. The molecule has 2 aromatic rings. The number of likely N-dealkylation sites (N-methyl/N-ethyl adjacent to an activating group) is 1. The lowest BCUT2D eigenvalue weighted by Gasteiger charge is -2.26. The molecule has 1 aromatic heterocycles. The highest BCUT2D eigenvalue weighted by molar-refractivity contribution is 6.06. The lowest BCUT2D eigenvalue weighted by Crippen LogP contribution is -2.48. The van der Waals surface area contributed by atoms with Crippen LogP contribution in [0.15, 0.2) is 12.1 Å². The monoisotopic (exact) mass is 493 g/mol. The lowest BCUT2D eigenvalue weighted by molar-refractivity contribution is -0.140. The number of carbonyl (C=O) groups excluding carboxylic acids is 4. The van der Waals surface area contributed by atoms with Crippen LogP contribution in [0.25, 0.3) is 10.9 Å². The van der Waals surface area contributed by atoms with Crippen molar-refractivity contribution >= 4 is 34.4 Å². The molecule has 192 valence electrons. The second-order valence-corrected chi connectivity index (χ2v) is 10.8. The number of Topliss-reactive ketones (excluding diaryl/α,β-unsaturated/α-hetero) is 1. The molecule has 0 radical (unpaired) electrons. The van der Waals surface area contributed by atoms with E-state index in [1.54, 1.807) is 16.6 Å². The molecule has 1 saturated heterocycles. The van der Waals surface area contributed by atoms with E-state index in [0.717, 1.165) is 60.6 Å². The summed E-state index contributed by atoms with van der Waals surface area (Å²) in [5, 5.41) is 11.2. The molecule has 2 bridgehead atoms. The van der Waals surface area contributed by atoms with Crippen molar-refractivity contribution in [1.29, 1.82) is 0 Å². The lowest BCUT2D eigenvalue weighted by atomic mass is 9.98. The number of hydrogen-bond donors (Lipinski definition) is 2. The molecule has 3 aliphatic rings. The number of piperidine rings is 1. The number of carbonyl (C=O) groups is 4. The standard InChI is InChI=1S/C27H35N5O4/c1-16-10-18-8-6-4-5-7-9-22(34)29-15-27-12-20(26(36)28-3)32(21(27)13-27)23(35)14-31-25(18)19(11-16)24(30-31)17(2)33/h10-11,20-21H,4-9,12-15H2,1-3H3,(H,28,36)(H,29,34)/t20-,21+,27-/m0/s1. The first-order valence-electron chi connectivity index (χ1n) is 13.0. The van der Waals surface area contributed by atoms with Crippen molar-refractivity contribution in [2.45, 2.75) is 83.8 Å². The van der Waals surface area contributed by atoms with E-state index in [4.69, 9.17) is 0 Å². The minimum atomic E-state index is -0.576. The van der Waals surface area contributed by atoms with Crippen molar-refractivity contribution in [3.05, 3.63) is 29.0 Å². The number of nitrogens with one attached hydrogen (secondary N) is 2. The van der Waals surface area contributed by atoms with Crippen LogP contribution >= 0.6 is 0 Å². The number of benzene rings is 1. The van der Waals surface area contributed by atoms with Gasteiger partial charge in [-0.2, -0.15) is 5.10 Å². The Bertz CT molecular complexity index is 1250.